The fourth-order valence-electron chi connectivity index (χ4n) is 1.15. The van der Waals surface area contributed by atoms with Crippen molar-refractivity contribution in [2.45, 2.75) is 45.8 Å². The number of carbonyl (C=O) groups is 1. The van der Waals surface area contributed by atoms with E-state index in [9.17, 15) is 9.36 Å². The van der Waals surface area contributed by atoms with Gasteiger partial charge in [0, 0.05) is 6.92 Å². The summed E-state index contributed by atoms with van der Waals surface area (Å²) in [5, 5.41) is 0. The smallest absolute Gasteiger partial charge is 0.463 e. The van der Waals surface area contributed by atoms with Crippen LogP contribution in [-0.2, 0) is 23.4 Å². The zero-order chi connectivity index (χ0) is 14.2. The number of rotatable bonds is 9. The monoisotopic (exact) mass is 284 g/mol. The van der Waals surface area contributed by atoms with Gasteiger partial charge in [-0.2, -0.15) is 0 Å². The Morgan fingerprint density at radius 1 is 1.17 bits per heavy atom. The van der Waals surface area contributed by atoms with Gasteiger partial charge in [-0.25, -0.2) is 4.57 Å². The highest BCUT2D eigenvalue weighted by Gasteiger charge is 2.22. The van der Waals surface area contributed by atoms with Crippen LogP contribution in [0.1, 0.15) is 33.6 Å². The Labute approximate surface area is 107 Å². The molecule has 0 aromatic carbocycles. The molecule has 0 aromatic rings. The van der Waals surface area contributed by atoms with Gasteiger partial charge < -0.3 is 19.3 Å². The second-order valence-electron chi connectivity index (χ2n) is 3.79. The van der Waals surface area contributed by atoms with Gasteiger partial charge in [-0.05, 0) is 12.8 Å². The highest BCUT2D eigenvalue weighted by atomic mass is 31.2. The van der Waals surface area contributed by atoms with E-state index in [1.54, 1.807) is 6.92 Å². The van der Waals surface area contributed by atoms with Gasteiger partial charge in [0.1, 0.15) is 6.61 Å². The Balaban J connectivity index is 4.07. The topological polar surface area (TPSA) is 102 Å². The third kappa shape index (κ3) is 9.56. The molecule has 0 aliphatic rings. The lowest BCUT2D eigenvalue weighted by Crippen LogP contribution is -2.26. The van der Waals surface area contributed by atoms with Gasteiger partial charge in [0.25, 0.3) is 0 Å². The maximum Gasteiger partial charge on any atom is 0.469 e. The minimum atomic E-state index is -4.50. The summed E-state index contributed by atoms with van der Waals surface area (Å²) in [6.45, 7) is 5.06. The molecule has 0 radical (unpaired) electrons. The first kappa shape index (κ1) is 17.5. The summed E-state index contributed by atoms with van der Waals surface area (Å²) < 4.78 is 25.4. The van der Waals surface area contributed by atoms with Gasteiger partial charge in [0.2, 0.25) is 0 Å². The lowest BCUT2D eigenvalue weighted by molar-refractivity contribution is -0.146. The standard InChI is InChI=1S/C10H21O7P/c1-4-9(6-15-8(3)11)16-7-10(5-2)17-18(12,13)14/h9-10H,4-7H2,1-3H3,(H2,12,13,14). The van der Waals surface area contributed by atoms with E-state index >= 15 is 0 Å². The van der Waals surface area contributed by atoms with Gasteiger partial charge >= 0.3 is 13.8 Å². The second-order valence-corrected chi connectivity index (χ2v) is 4.98. The van der Waals surface area contributed by atoms with Crippen molar-refractivity contribution >= 4 is 13.8 Å². The quantitative estimate of drug-likeness (QED) is 0.485. The van der Waals surface area contributed by atoms with Crippen molar-refractivity contribution in [2.75, 3.05) is 13.2 Å². The van der Waals surface area contributed by atoms with Crippen LogP contribution in [-0.4, -0.2) is 41.2 Å². The molecule has 18 heavy (non-hydrogen) atoms. The molecular weight excluding hydrogens is 263 g/mol. The lowest BCUT2D eigenvalue weighted by atomic mass is 10.2. The third-order valence-electron chi connectivity index (χ3n) is 2.19. The number of hydrogen-bond acceptors (Lipinski definition) is 5. The van der Waals surface area contributed by atoms with Crippen molar-refractivity contribution in [1.29, 1.82) is 0 Å². The molecule has 7 nitrogen and oxygen atoms in total. The number of ether oxygens (including phenoxy) is 2. The van der Waals surface area contributed by atoms with Crippen LogP contribution in [0.15, 0.2) is 0 Å². The maximum atomic E-state index is 10.7. The predicted molar refractivity (Wildman–Crippen MR) is 63.9 cm³/mol. The molecule has 2 atom stereocenters. The van der Waals surface area contributed by atoms with E-state index in [0.717, 1.165) is 0 Å². The molecule has 2 N–H and O–H groups in total. The summed E-state index contributed by atoms with van der Waals surface area (Å²) in [6, 6.07) is 0. The zero-order valence-electron chi connectivity index (χ0n) is 10.9. The first-order valence-corrected chi connectivity index (χ1v) is 7.30. The molecule has 0 heterocycles. The summed E-state index contributed by atoms with van der Waals surface area (Å²) in [7, 11) is -4.50. The normalized spacial score (nSPS) is 15.2. The van der Waals surface area contributed by atoms with E-state index in [-0.39, 0.29) is 19.3 Å². The molecule has 0 aliphatic carbocycles. The largest absolute Gasteiger partial charge is 0.469 e. The summed E-state index contributed by atoms with van der Waals surface area (Å²) in [4.78, 5) is 28.0. The van der Waals surface area contributed by atoms with Crippen molar-refractivity contribution in [3.05, 3.63) is 0 Å². The van der Waals surface area contributed by atoms with Crippen molar-refractivity contribution in [3.8, 4) is 0 Å². The molecule has 0 amide bonds. The minimum absolute atomic E-state index is 0.0430. The highest BCUT2D eigenvalue weighted by molar-refractivity contribution is 7.46. The molecule has 108 valence electrons. The van der Waals surface area contributed by atoms with Crippen LogP contribution >= 0.6 is 7.82 Å². The maximum absolute atomic E-state index is 10.7. The highest BCUT2D eigenvalue weighted by Crippen LogP contribution is 2.38. The molecule has 0 saturated heterocycles. The summed E-state index contributed by atoms with van der Waals surface area (Å²) in [5.74, 6) is -0.393. The van der Waals surface area contributed by atoms with E-state index in [0.29, 0.717) is 12.8 Å². The lowest BCUT2D eigenvalue weighted by Gasteiger charge is -2.21. The van der Waals surface area contributed by atoms with E-state index < -0.39 is 19.9 Å². The molecule has 0 fully saturated rings. The van der Waals surface area contributed by atoms with Crippen LogP contribution in [0.3, 0.4) is 0 Å². The Hall–Kier alpha value is -0.460. The first-order chi connectivity index (χ1) is 8.28. The van der Waals surface area contributed by atoms with Crippen molar-refractivity contribution < 1.29 is 33.1 Å². The molecule has 0 aliphatic heterocycles. The Morgan fingerprint density at radius 3 is 2.11 bits per heavy atom. The Morgan fingerprint density at radius 2 is 1.72 bits per heavy atom. The van der Waals surface area contributed by atoms with Crippen molar-refractivity contribution in [3.63, 3.8) is 0 Å². The Kier molecular flexibility index (Phi) is 8.39. The number of hydrogen-bond donors (Lipinski definition) is 2. The molecule has 0 bridgehead atoms. The van der Waals surface area contributed by atoms with Crippen LogP contribution in [0, 0.1) is 0 Å². The molecule has 0 rings (SSSR count). The zero-order valence-corrected chi connectivity index (χ0v) is 11.8. The average Bonchev–Trinajstić information content (AvgIpc) is 2.25. The average molecular weight is 284 g/mol. The second kappa shape index (κ2) is 8.61. The van der Waals surface area contributed by atoms with Crippen LogP contribution in [0.2, 0.25) is 0 Å². The number of phosphoric acid groups is 1. The van der Waals surface area contributed by atoms with Crippen LogP contribution in [0.25, 0.3) is 0 Å². The van der Waals surface area contributed by atoms with Crippen LogP contribution in [0.5, 0.6) is 0 Å². The SMILES string of the molecule is CCC(COC(C)=O)OCC(CC)OP(=O)(O)O. The first-order valence-electron chi connectivity index (χ1n) is 5.77. The molecule has 0 saturated carbocycles. The fourth-order valence-corrected chi connectivity index (χ4v) is 1.75. The number of phosphoric ester groups is 1. The number of carbonyl (C=O) groups excluding carboxylic acids is 1. The van der Waals surface area contributed by atoms with E-state index in [1.165, 1.54) is 6.92 Å². The van der Waals surface area contributed by atoms with E-state index in [4.69, 9.17) is 19.3 Å². The summed E-state index contributed by atoms with van der Waals surface area (Å²) in [5.41, 5.74) is 0. The fraction of sp³-hybridized carbons (Fsp3) is 0.900. The van der Waals surface area contributed by atoms with E-state index in [1.807, 2.05) is 6.92 Å². The summed E-state index contributed by atoms with van der Waals surface area (Å²) in [6.07, 6.45) is 0.0508. The number of esters is 1. The third-order valence-corrected chi connectivity index (χ3v) is 2.76. The van der Waals surface area contributed by atoms with Crippen LogP contribution in [0.4, 0.5) is 0 Å². The molecule has 8 heteroatoms. The molecular formula is C10H21O7P. The van der Waals surface area contributed by atoms with Gasteiger partial charge in [0.15, 0.2) is 0 Å². The molecule has 0 aromatic heterocycles. The summed E-state index contributed by atoms with van der Waals surface area (Å²) >= 11 is 0. The van der Waals surface area contributed by atoms with Gasteiger partial charge in [-0.15, -0.1) is 0 Å². The molecule has 2 unspecified atom stereocenters. The van der Waals surface area contributed by atoms with E-state index in [2.05, 4.69) is 4.52 Å². The van der Waals surface area contributed by atoms with Gasteiger partial charge in [-0.3, -0.25) is 9.32 Å². The van der Waals surface area contributed by atoms with Crippen molar-refractivity contribution in [2.24, 2.45) is 0 Å². The Bertz CT molecular complexity index is 288. The molecule has 0 spiro atoms. The minimum Gasteiger partial charge on any atom is -0.463 e. The van der Waals surface area contributed by atoms with Crippen molar-refractivity contribution in [1.82, 2.24) is 0 Å². The van der Waals surface area contributed by atoms with Crippen LogP contribution < -0.4 is 0 Å². The predicted octanol–water partition coefficient (Wildman–Crippen LogP) is 1.23. The van der Waals surface area contributed by atoms with Gasteiger partial charge in [-0.1, -0.05) is 13.8 Å². The van der Waals surface area contributed by atoms with Gasteiger partial charge in [0.05, 0.1) is 18.8 Å².